The van der Waals surface area contributed by atoms with Crippen LogP contribution in [0.1, 0.15) is 21.5 Å². The number of rotatable bonds is 5. The number of carbonyl (C=O) groups is 1. The van der Waals surface area contributed by atoms with Crippen LogP contribution in [0.15, 0.2) is 72.5 Å². The second-order valence-electron chi connectivity index (χ2n) is 10.7. The van der Waals surface area contributed by atoms with Crippen molar-refractivity contribution >= 4 is 56.4 Å². The van der Waals surface area contributed by atoms with Crippen molar-refractivity contribution in [1.29, 1.82) is 0 Å². The summed E-state index contributed by atoms with van der Waals surface area (Å²) in [5.41, 5.74) is 7.21. The Hall–Kier alpha value is -4.21. The van der Waals surface area contributed by atoms with E-state index in [9.17, 15) is 4.79 Å². The number of amides is 1. The number of piperazine rings is 1. The fourth-order valence-electron chi connectivity index (χ4n) is 5.71. The first-order valence-electron chi connectivity index (χ1n) is 14.1. The number of nitrogens with zero attached hydrogens (tertiary/aromatic N) is 6. The van der Waals surface area contributed by atoms with Gasteiger partial charge in [0, 0.05) is 68.2 Å². The average Bonchev–Trinajstić information content (AvgIpc) is 3.52. The topological polar surface area (TPSA) is 77.5 Å². The minimum Gasteiger partial charge on any atom is -0.367 e. The molecule has 0 aliphatic carbocycles. The zero-order valence-electron chi connectivity index (χ0n) is 23.3. The molecule has 5 aromatic rings. The van der Waals surface area contributed by atoms with E-state index >= 15 is 0 Å². The molecule has 2 aliphatic heterocycles. The number of carbonyl (C=O) groups excluding carboxylic acids is 1. The Morgan fingerprint density at radius 3 is 2.62 bits per heavy atom. The predicted octanol–water partition coefficient (Wildman–Crippen LogP) is 6.11. The third kappa shape index (κ3) is 5.14. The number of benzene rings is 2. The lowest BCUT2D eigenvalue weighted by molar-refractivity contribution is 0.0746. The van der Waals surface area contributed by atoms with E-state index in [1.54, 1.807) is 17.7 Å². The summed E-state index contributed by atoms with van der Waals surface area (Å²) >= 11 is 7.95. The van der Waals surface area contributed by atoms with Crippen molar-refractivity contribution < 1.29 is 4.79 Å². The van der Waals surface area contributed by atoms with Crippen LogP contribution in [0, 0.1) is 6.92 Å². The summed E-state index contributed by atoms with van der Waals surface area (Å²) in [5, 5.41) is 6.22. The SMILES string of the molecule is Cc1ccc(Cl)cc1CN1CCNc2ncc(-c3ccc(C(=O)N4CCN(c5ncnc6ccsc56)CC4)cc3)cc21. The largest absolute Gasteiger partial charge is 0.367 e. The summed E-state index contributed by atoms with van der Waals surface area (Å²) in [7, 11) is 0. The number of fused-ring (bicyclic) bond motifs is 2. The van der Waals surface area contributed by atoms with E-state index in [0.29, 0.717) is 18.7 Å². The molecule has 0 atom stereocenters. The van der Waals surface area contributed by atoms with Crippen LogP contribution < -0.4 is 15.1 Å². The lowest BCUT2D eigenvalue weighted by atomic mass is 10.0. The maximum absolute atomic E-state index is 13.4. The molecule has 0 unspecified atom stereocenters. The van der Waals surface area contributed by atoms with Gasteiger partial charge in [-0.1, -0.05) is 29.8 Å². The summed E-state index contributed by atoms with van der Waals surface area (Å²) < 4.78 is 1.10. The Kier molecular flexibility index (Phi) is 7.13. The molecule has 1 amide bonds. The van der Waals surface area contributed by atoms with E-state index in [4.69, 9.17) is 16.6 Å². The van der Waals surface area contributed by atoms with Crippen molar-refractivity contribution in [2.45, 2.75) is 13.5 Å². The molecule has 10 heteroatoms. The Bertz CT molecular complexity index is 1770. The van der Waals surface area contributed by atoms with E-state index in [1.165, 1.54) is 11.1 Å². The second-order valence-corrected chi connectivity index (χ2v) is 12.1. The third-order valence-electron chi connectivity index (χ3n) is 8.11. The summed E-state index contributed by atoms with van der Waals surface area (Å²) in [6, 6.07) is 18.1. The standard InChI is InChI=1S/C32H30ClN7OS/c1-21-2-7-26(33)16-25(21)19-40-10-9-34-30-28(40)17-24(18-35-30)22-3-5-23(6-4-22)32(41)39-13-11-38(12-14-39)31-29-27(8-15-42-29)36-20-37-31/h2-8,15-18,20H,9-14,19H2,1H3,(H,34,35). The van der Waals surface area contributed by atoms with E-state index in [2.05, 4.69) is 44.1 Å². The van der Waals surface area contributed by atoms with Crippen molar-refractivity contribution in [1.82, 2.24) is 19.9 Å². The normalized spacial score (nSPS) is 15.0. The van der Waals surface area contributed by atoms with Gasteiger partial charge in [-0.25, -0.2) is 15.0 Å². The van der Waals surface area contributed by atoms with Crippen molar-refractivity contribution in [3.8, 4) is 11.1 Å². The number of aryl methyl sites for hydroxylation is 1. The molecule has 5 heterocycles. The molecular formula is C32H30ClN7OS. The van der Waals surface area contributed by atoms with Gasteiger partial charge in [0.2, 0.25) is 0 Å². The van der Waals surface area contributed by atoms with Crippen LogP contribution in [-0.2, 0) is 6.54 Å². The van der Waals surface area contributed by atoms with Gasteiger partial charge in [-0.3, -0.25) is 4.79 Å². The highest BCUT2D eigenvalue weighted by Gasteiger charge is 2.25. The van der Waals surface area contributed by atoms with Gasteiger partial charge in [0.1, 0.15) is 18.0 Å². The van der Waals surface area contributed by atoms with Crippen LogP contribution in [-0.4, -0.2) is 65.0 Å². The number of thiophene rings is 1. The molecule has 42 heavy (non-hydrogen) atoms. The molecule has 0 spiro atoms. The summed E-state index contributed by atoms with van der Waals surface area (Å²) in [5.74, 6) is 1.90. The third-order valence-corrected chi connectivity index (χ3v) is 9.25. The monoisotopic (exact) mass is 595 g/mol. The maximum Gasteiger partial charge on any atom is 0.253 e. The first kappa shape index (κ1) is 26.7. The van der Waals surface area contributed by atoms with Gasteiger partial charge in [-0.05, 0) is 65.4 Å². The molecule has 8 nitrogen and oxygen atoms in total. The van der Waals surface area contributed by atoms with Crippen LogP contribution in [0.3, 0.4) is 0 Å². The molecule has 1 N–H and O–H groups in total. The number of nitrogens with one attached hydrogen (secondary N) is 1. The number of anilines is 3. The first-order chi connectivity index (χ1) is 20.5. The summed E-state index contributed by atoms with van der Waals surface area (Å²) in [6.07, 6.45) is 3.52. The Labute approximate surface area is 253 Å². The quantitative estimate of drug-likeness (QED) is 0.263. The van der Waals surface area contributed by atoms with Gasteiger partial charge in [-0.2, -0.15) is 0 Å². The number of hydrogen-bond donors (Lipinski definition) is 1. The van der Waals surface area contributed by atoms with Gasteiger partial charge in [-0.15, -0.1) is 11.3 Å². The zero-order chi connectivity index (χ0) is 28.6. The zero-order valence-corrected chi connectivity index (χ0v) is 24.8. The van der Waals surface area contributed by atoms with Crippen LogP contribution in [0.25, 0.3) is 21.3 Å². The lowest BCUT2D eigenvalue weighted by Gasteiger charge is -2.35. The highest BCUT2D eigenvalue weighted by Crippen LogP contribution is 2.34. The van der Waals surface area contributed by atoms with Gasteiger partial charge >= 0.3 is 0 Å². The van der Waals surface area contributed by atoms with E-state index in [0.717, 1.165) is 76.4 Å². The first-order valence-corrected chi connectivity index (χ1v) is 15.4. The van der Waals surface area contributed by atoms with Gasteiger partial charge < -0.3 is 20.0 Å². The molecule has 1 fully saturated rings. The molecule has 3 aromatic heterocycles. The highest BCUT2D eigenvalue weighted by molar-refractivity contribution is 7.17. The number of halogens is 1. The predicted molar refractivity (Wildman–Crippen MR) is 171 cm³/mol. The molecule has 0 radical (unpaired) electrons. The van der Waals surface area contributed by atoms with Crippen molar-refractivity contribution in [2.24, 2.45) is 0 Å². The number of aromatic nitrogens is 3. The molecule has 212 valence electrons. The summed E-state index contributed by atoms with van der Waals surface area (Å²) in [4.78, 5) is 33.5. The maximum atomic E-state index is 13.4. The second kappa shape index (κ2) is 11.2. The molecule has 2 aromatic carbocycles. The minimum atomic E-state index is 0.0565. The Balaban J connectivity index is 1.04. The molecular weight excluding hydrogens is 566 g/mol. The fourth-order valence-corrected chi connectivity index (χ4v) is 6.76. The average molecular weight is 596 g/mol. The van der Waals surface area contributed by atoms with Gasteiger partial charge in [0.25, 0.3) is 5.91 Å². The number of pyridine rings is 1. The van der Waals surface area contributed by atoms with Crippen LogP contribution in [0.2, 0.25) is 5.02 Å². The highest BCUT2D eigenvalue weighted by atomic mass is 35.5. The van der Waals surface area contributed by atoms with Gasteiger partial charge in [0.15, 0.2) is 0 Å². The molecule has 2 aliphatic rings. The molecule has 7 rings (SSSR count). The molecule has 0 saturated carbocycles. The lowest BCUT2D eigenvalue weighted by Crippen LogP contribution is -2.49. The van der Waals surface area contributed by atoms with Crippen molar-refractivity contribution in [3.05, 3.63) is 94.2 Å². The van der Waals surface area contributed by atoms with Crippen molar-refractivity contribution in [2.75, 3.05) is 54.4 Å². The van der Waals surface area contributed by atoms with Crippen LogP contribution in [0.5, 0.6) is 0 Å². The van der Waals surface area contributed by atoms with Crippen LogP contribution >= 0.6 is 22.9 Å². The van der Waals surface area contributed by atoms with Crippen LogP contribution in [0.4, 0.5) is 17.3 Å². The molecule has 1 saturated heterocycles. The fraction of sp³-hybridized carbons (Fsp3) is 0.250. The smallest absolute Gasteiger partial charge is 0.253 e. The number of hydrogen-bond acceptors (Lipinski definition) is 8. The van der Waals surface area contributed by atoms with Gasteiger partial charge in [0.05, 0.1) is 15.9 Å². The van der Waals surface area contributed by atoms with E-state index < -0.39 is 0 Å². The summed E-state index contributed by atoms with van der Waals surface area (Å²) in [6.45, 7) is 7.39. The Morgan fingerprint density at radius 2 is 1.79 bits per heavy atom. The van der Waals surface area contributed by atoms with E-state index in [-0.39, 0.29) is 5.91 Å². The van der Waals surface area contributed by atoms with E-state index in [1.807, 2.05) is 58.9 Å². The van der Waals surface area contributed by atoms with Crippen molar-refractivity contribution in [3.63, 3.8) is 0 Å². The molecule has 0 bridgehead atoms. The Morgan fingerprint density at radius 1 is 0.952 bits per heavy atom. The minimum absolute atomic E-state index is 0.0565.